The lowest BCUT2D eigenvalue weighted by Crippen LogP contribution is -2.10. The molecule has 3 rings (SSSR count). The SMILES string of the molecule is C[C@@H](Nc1ccn2ncc(C#N)c2n1)c1c(Cl)ccc(F)c1Cl. The summed E-state index contributed by atoms with van der Waals surface area (Å²) in [6.45, 7) is 1.79. The number of nitrogens with one attached hydrogen (secondary N) is 1. The van der Waals surface area contributed by atoms with Crippen molar-refractivity contribution in [2.45, 2.75) is 13.0 Å². The summed E-state index contributed by atoms with van der Waals surface area (Å²) in [4.78, 5) is 4.34. The monoisotopic (exact) mass is 349 g/mol. The minimum atomic E-state index is -0.536. The first kappa shape index (κ1) is 15.5. The van der Waals surface area contributed by atoms with Gasteiger partial charge in [-0.3, -0.25) is 0 Å². The van der Waals surface area contributed by atoms with Crippen LogP contribution in [-0.4, -0.2) is 14.6 Å². The molecule has 3 aromatic rings. The molecule has 0 amide bonds. The van der Waals surface area contributed by atoms with Gasteiger partial charge in [-0.2, -0.15) is 10.4 Å². The summed E-state index contributed by atoms with van der Waals surface area (Å²) in [5, 5.41) is 16.5. The summed E-state index contributed by atoms with van der Waals surface area (Å²) < 4.78 is 15.1. The summed E-state index contributed by atoms with van der Waals surface area (Å²) in [5.41, 5.74) is 1.24. The summed E-state index contributed by atoms with van der Waals surface area (Å²) >= 11 is 12.1. The second kappa shape index (κ2) is 6.03. The number of halogens is 3. The zero-order chi connectivity index (χ0) is 16.6. The molecule has 8 heteroatoms. The highest BCUT2D eigenvalue weighted by molar-refractivity contribution is 6.36. The van der Waals surface area contributed by atoms with Gasteiger partial charge in [-0.25, -0.2) is 13.9 Å². The van der Waals surface area contributed by atoms with Crippen molar-refractivity contribution in [1.29, 1.82) is 5.26 Å². The van der Waals surface area contributed by atoms with Crippen LogP contribution in [0.1, 0.15) is 24.1 Å². The third-order valence-electron chi connectivity index (χ3n) is 3.37. The summed E-state index contributed by atoms with van der Waals surface area (Å²) in [6, 6.07) is 6.01. The van der Waals surface area contributed by atoms with Crippen molar-refractivity contribution in [3.05, 3.63) is 57.6 Å². The van der Waals surface area contributed by atoms with Crippen LogP contribution in [0.2, 0.25) is 10.0 Å². The fourth-order valence-electron chi connectivity index (χ4n) is 2.26. The number of fused-ring (bicyclic) bond motifs is 1. The van der Waals surface area contributed by atoms with E-state index in [1.807, 2.05) is 6.07 Å². The molecule has 116 valence electrons. The number of rotatable bonds is 3. The Hall–Kier alpha value is -2.36. The van der Waals surface area contributed by atoms with Crippen LogP contribution in [0.5, 0.6) is 0 Å². The van der Waals surface area contributed by atoms with Crippen molar-refractivity contribution in [3.8, 4) is 6.07 Å². The number of anilines is 1. The van der Waals surface area contributed by atoms with Crippen LogP contribution in [0, 0.1) is 17.1 Å². The van der Waals surface area contributed by atoms with E-state index in [2.05, 4.69) is 15.4 Å². The topological polar surface area (TPSA) is 66.0 Å². The highest BCUT2D eigenvalue weighted by Gasteiger charge is 2.18. The summed E-state index contributed by atoms with van der Waals surface area (Å²) in [7, 11) is 0. The van der Waals surface area contributed by atoms with E-state index in [1.54, 1.807) is 19.2 Å². The van der Waals surface area contributed by atoms with E-state index < -0.39 is 5.82 Å². The highest BCUT2D eigenvalue weighted by atomic mass is 35.5. The van der Waals surface area contributed by atoms with Gasteiger partial charge in [-0.05, 0) is 25.1 Å². The van der Waals surface area contributed by atoms with Gasteiger partial charge in [-0.15, -0.1) is 0 Å². The third kappa shape index (κ3) is 2.81. The van der Waals surface area contributed by atoms with Crippen molar-refractivity contribution in [2.24, 2.45) is 0 Å². The molecule has 0 aliphatic carbocycles. The van der Waals surface area contributed by atoms with E-state index in [0.717, 1.165) is 0 Å². The Morgan fingerprint density at radius 3 is 2.87 bits per heavy atom. The Balaban J connectivity index is 1.96. The standard InChI is InChI=1S/C15H10Cl2FN5/c1-8(13-10(16)2-3-11(18)14(13)17)21-12-4-5-23-15(22-12)9(6-19)7-20-23/h2-5,7-8H,1H3,(H,21,22)/t8-/m1/s1. The molecular weight excluding hydrogens is 340 g/mol. The molecule has 0 bridgehead atoms. The molecule has 0 radical (unpaired) electrons. The van der Waals surface area contributed by atoms with Gasteiger partial charge in [-0.1, -0.05) is 23.2 Å². The maximum Gasteiger partial charge on any atom is 0.175 e. The Labute approximate surface area is 141 Å². The second-order valence-electron chi connectivity index (χ2n) is 4.87. The first-order valence-corrected chi connectivity index (χ1v) is 7.41. The number of nitrogens with zero attached hydrogens (tertiary/aromatic N) is 4. The summed E-state index contributed by atoms with van der Waals surface area (Å²) in [5.74, 6) is -0.0379. The number of hydrogen-bond acceptors (Lipinski definition) is 4. The van der Waals surface area contributed by atoms with Crippen molar-refractivity contribution >= 4 is 34.7 Å². The zero-order valence-corrected chi connectivity index (χ0v) is 13.4. The van der Waals surface area contributed by atoms with Crippen LogP contribution >= 0.6 is 23.2 Å². The van der Waals surface area contributed by atoms with Crippen LogP contribution in [0.3, 0.4) is 0 Å². The number of benzene rings is 1. The molecule has 0 fully saturated rings. The Bertz CT molecular complexity index is 931. The fourth-order valence-corrected chi connectivity index (χ4v) is 2.96. The average Bonchev–Trinajstić information content (AvgIpc) is 2.93. The highest BCUT2D eigenvalue weighted by Crippen LogP contribution is 2.33. The fraction of sp³-hybridized carbons (Fsp3) is 0.133. The largest absolute Gasteiger partial charge is 0.363 e. The van der Waals surface area contributed by atoms with Crippen molar-refractivity contribution in [1.82, 2.24) is 14.6 Å². The minimum Gasteiger partial charge on any atom is -0.363 e. The molecule has 0 saturated heterocycles. The van der Waals surface area contributed by atoms with E-state index in [1.165, 1.54) is 22.8 Å². The molecule has 1 N–H and O–H groups in total. The third-order valence-corrected chi connectivity index (χ3v) is 4.08. The molecule has 1 aromatic carbocycles. The predicted molar refractivity (Wildman–Crippen MR) is 86.2 cm³/mol. The smallest absolute Gasteiger partial charge is 0.175 e. The van der Waals surface area contributed by atoms with E-state index in [4.69, 9.17) is 28.5 Å². The van der Waals surface area contributed by atoms with Crippen molar-refractivity contribution in [3.63, 3.8) is 0 Å². The molecule has 0 spiro atoms. The maximum absolute atomic E-state index is 13.6. The Kier molecular flexibility index (Phi) is 4.07. The van der Waals surface area contributed by atoms with Gasteiger partial charge < -0.3 is 5.32 Å². The first-order valence-electron chi connectivity index (χ1n) is 6.65. The van der Waals surface area contributed by atoms with Crippen LogP contribution < -0.4 is 5.32 Å². The molecule has 0 aliphatic heterocycles. The van der Waals surface area contributed by atoms with Gasteiger partial charge in [0.15, 0.2) is 5.65 Å². The van der Waals surface area contributed by atoms with Gasteiger partial charge in [0.1, 0.15) is 23.3 Å². The Morgan fingerprint density at radius 1 is 1.35 bits per heavy atom. The molecule has 0 saturated carbocycles. The number of nitriles is 1. The molecule has 5 nitrogen and oxygen atoms in total. The predicted octanol–water partition coefficient (Wildman–Crippen LogP) is 4.22. The lowest BCUT2D eigenvalue weighted by Gasteiger charge is -2.18. The normalized spacial score (nSPS) is 12.1. The average molecular weight is 350 g/mol. The quantitative estimate of drug-likeness (QED) is 0.719. The second-order valence-corrected chi connectivity index (χ2v) is 5.66. The van der Waals surface area contributed by atoms with Gasteiger partial charge in [0, 0.05) is 16.8 Å². The van der Waals surface area contributed by atoms with Gasteiger partial charge in [0.25, 0.3) is 0 Å². The van der Waals surface area contributed by atoms with Crippen LogP contribution in [0.15, 0.2) is 30.6 Å². The first-order chi connectivity index (χ1) is 11.0. The molecule has 1 atom stereocenters. The number of aromatic nitrogens is 3. The summed E-state index contributed by atoms with van der Waals surface area (Å²) in [6.07, 6.45) is 3.11. The minimum absolute atomic E-state index is 0.0272. The van der Waals surface area contributed by atoms with Crippen LogP contribution in [0.4, 0.5) is 10.2 Å². The van der Waals surface area contributed by atoms with E-state index >= 15 is 0 Å². The molecule has 0 aliphatic rings. The van der Waals surface area contributed by atoms with Gasteiger partial charge >= 0.3 is 0 Å². The van der Waals surface area contributed by atoms with Gasteiger partial charge in [0.2, 0.25) is 0 Å². The molecule has 23 heavy (non-hydrogen) atoms. The van der Waals surface area contributed by atoms with E-state index in [0.29, 0.717) is 27.6 Å². The molecule has 0 unspecified atom stereocenters. The lowest BCUT2D eigenvalue weighted by molar-refractivity contribution is 0.624. The number of hydrogen-bond donors (Lipinski definition) is 1. The van der Waals surface area contributed by atoms with E-state index in [9.17, 15) is 4.39 Å². The van der Waals surface area contributed by atoms with Gasteiger partial charge in [0.05, 0.1) is 17.3 Å². The zero-order valence-electron chi connectivity index (χ0n) is 11.9. The van der Waals surface area contributed by atoms with E-state index in [-0.39, 0.29) is 11.1 Å². The van der Waals surface area contributed by atoms with Crippen LogP contribution in [0.25, 0.3) is 5.65 Å². The molecule has 2 heterocycles. The van der Waals surface area contributed by atoms with Crippen molar-refractivity contribution < 1.29 is 4.39 Å². The molecule has 2 aromatic heterocycles. The Morgan fingerprint density at radius 2 is 2.13 bits per heavy atom. The maximum atomic E-state index is 13.6. The molecular formula is C15H10Cl2FN5. The van der Waals surface area contributed by atoms with Crippen LogP contribution in [-0.2, 0) is 0 Å². The van der Waals surface area contributed by atoms with Crippen molar-refractivity contribution in [2.75, 3.05) is 5.32 Å². The lowest BCUT2D eigenvalue weighted by atomic mass is 10.1.